The first-order valence-electron chi connectivity index (χ1n) is 4.52. The number of aromatic nitrogens is 3. The van der Waals surface area contributed by atoms with Gasteiger partial charge in [-0.15, -0.1) is 0 Å². The van der Waals surface area contributed by atoms with Gasteiger partial charge in [-0.1, -0.05) is 6.07 Å². The third kappa shape index (κ3) is 2.64. The van der Waals surface area contributed by atoms with Crippen molar-refractivity contribution < 1.29 is 5.11 Å². The number of aliphatic hydroxyl groups excluding tert-OH is 1. The fourth-order valence-electron chi connectivity index (χ4n) is 1.28. The van der Waals surface area contributed by atoms with Gasteiger partial charge in [0.2, 0.25) is 0 Å². The van der Waals surface area contributed by atoms with E-state index >= 15 is 0 Å². The molecule has 2 aromatic heterocycles. The van der Waals surface area contributed by atoms with Crippen molar-refractivity contribution in [1.82, 2.24) is 15.0 Å². The van der Waals surface area contributed by atoms with Crippen LogP contribution in [0.25, 0.3) is 0 Å². The van der Waals surface area contributed by atoms with E-state index in [0.29, 0.717) is 6.42 Å². The van der Waals surface area contributed by atoms with Crippen LogP contribution in [0.15, 0.2) is 29.1 Å². The second-order valence-electron chi connectivity index (χ2n) is 3.18. The predicted molar refractivity (Wildman–Crippen MR) is 59.3 cm³/mol. The number of rotatable bonds is 3. The van der Waals surface area contributed by atoms with Gasteiger partial charge >= 0.3 is 0 Å². The summed E-state index contributed by atoms with van der Waals surface area (Å²) in [6, 6.07) is 3.88. The SMILES string of the molecule is OCc1cnc(Cc2ccc(Br)nc2)[nH]1. The molecule has 2 rings (SSSR count). The average Bonchev–Trinajstić information content (AvgIpc) is 2.69. The molecule has 0 spiro atoms. The summed E-state index contributed by atoms with van der Waals surface area (Å²) < 4.78 is 0.821. The molecule has 15 heavy (non-hydrogen) atoms. The van der Waals surface area contributed by atoms with E-state index in [0.717, 1.165) is 21.7 Å². The van der Waals surface area contributed by atoms with Crippen molar-refractivity contribution in [3.63, 3.8) is 0 Å². The molecule has 0 aliphatic rings. The van der Waals surface area contributed by atoms with E-state index in [4.69, 9.17) is 5.11 Å². The van der Waals surface area contributed by atoms with Crippen LogP contribution in [0, 0.1) is 0 Å². The second kappa shape index (κ2) is 4.55. The smallest absolute Gasteiger partial charge is 0.110 e. The average molecular weight is 268 g/mol. The summed E-state index contributed by atoms with van der Waals surface area (Å²) in [5.74, 6) is 0.836. The van der Waals surface area contributed by atoms with Crippen molar-refractivity contribution >= 4 is 15.9 Å². The highest BCUT2D eigenvalue weighted by Crippen LogP contribution is 2.09. The number of nitrogens with zero attached hydrogens (tertiary/aromatic N) is 2. The van der Waals surface area contributed by atoms with Crippen molar-refractivity contribution in [2.45, 2.75) is 13.0 Å². The number of aromatic amines is 1. The summed E-state index contributed by atoms with van der Waals surface area (Å²) in [7, 11) is 0. The molecule has 0 amide bonds. The Labute approximate surface area is 95.5 Å². The Morgan fingerprint density at radius 1 is 1.27 bits per heavy atom. The van der Waals surface area contributed by atoms with Crippen LogP contribution in [-0.2, 0) is 13.0 Å². The Kier molecular flexibility index (Phi) is 3.13. The van der Waals surface area contributed by atoms with E-state index in [1.54, 1.807) is 12.4 Å². The summed E-state index contributed by atoms with van der Waals surface area (Å²) >= 11 is 3.28. The molecule has 2 N–H and O–H groups in total. The molecule has 0 fully saturated rings. The molecular formula is C10H10BrN3O. The van der Waals surface area contributed by atoms with E-state index in [1.165, 1.54) is 0 Å². The summed E-state index contributed by atoms with van der Waals surface area (Å²) in [6.07, 6.45) is 4.13. The minimum Gasteiger partial charge on any atom is -0.390 e. The van der Waals surface area contributed by atoms with Gasteiger partial charge in [-0.2, -0.15) is 0 Å². The van der Waals surface area contributed by atoms with Crippen molar-refractivity contribution in [3.05, 3.63) is 46.2 Å². The van der Waals surface area contributed by atoms with E-state index < -0.39 is 0 Å². The fourth-order valence-corrected chi connectivity index (χ4v) is 1.51. The summed E-state index contributed by atoms with van der Waals surface area (Å²) in [6.45, 7) is -0.00835. The first-order valence-corrected chi connectivity index (χ1v) is 5.31. The standard InChI is InChI=1S/C10H10BrN3O/c11-9-2-1-7(4-12-9)3-10-13-5-8(6-15)14-10/h1-2,4-5,15H,3,6H2,(H,13,14). The van der Waals surface area contributed by atoms with Gasteiger partial charge in [-0.3, -0.25) is 0 Å². The zero-order valence-corrected chi connectivity index (χ0v) is 9.53. The van der Waals surface area contributed by atoms with E-state index in [2.05, 4.69) is 30.9 Å². The molecule has 0 bridgehead atoms. The minimum absolute atomic E-state index is 0.00835. The molecular weight excluding hydrogens is 258 g/mol. The summed E-state index contributed by atoms with van der Waals surface area (Å²) in [5.41, 5.74) is 1.81. The molecule has 0 unspecified atom stereocenters. The van der Waals surface area contributed by atoms with Gasteiger partial charge in [0.1, 0.15) is 10.4 Å². The Morgan fingerprint density at radius 3 is 2.73 bits per heavy atom. The van der Waals surface area contributed by atoms with E-state index in [9.17, 15) is 0 Å². The number of H-pyrrole nitrogens is 1. The minimum atomic E-state index is -0.00835. The molecule has 0 radical (unpaired) electrons. The molecule has 2 heterocycles. The molecule has 2 aromatic rings. The summed E-state index contributed by atoms with van der Waals surface area (Å²) in [4.78, 5) is 11.3. The third-order valence-electron chi connectivity index (χ3n) is 2.01. The number of hydrogen-bond acceptors (Lipinski definition) is 3. The lowest BCUT2D eigenvalue weighted by Gasteiger charge is -1.97. The first-order chi connectivity index (χ1) is 7.28. The second-order valence-corrected chi connectivity index (χ2v) is 3.99. The van der Waals surface area contributed by atoms with Crippen molar-refractivity contribution in [3.8, 4) is 0 Å². The molecule has 78 valence electrons. The highest BCUT2D eigenvalue weighted by molar-refractivity contribution is 9.10. The van der Waals surface area contributed by atoms with Gasteiger partial charge in [-0.05, 0) is 27.6 Å². The lowest BCUT2D eigenvalue weighted by atomic mass is 10.2. The highest BCUT2D eigenvalue weighted by Gasteiger charge is 2.01. The number of imidazole rings is 1. The maximum absolute atomic E-state index is 8.86. The van der Waals surface area contributed by atoms with Crippen LogP contribution in [0.5, 0.6) is 0 Å². The Bertz CT molecular complexity index is 438. The number of nitrogens with one attached hydrogen (secondary N) is 1. The van der Waals surface area contributed by atoms with Crippen LogP contribution in [-0.4, -0.2) is 20.1 Å². The van der Waals surface area contributed by atoms with Gasteiger partial charge in [0.25, 0.3) is 0 Å². The molecule has 0 saturated heterocycles. The van der Waals surface area contributed by atoms with Gasteiger partial charge in [-0.25, -0.2) is 9.97 Å². The number of halogens is 1. The Hall–Kier alpha value is -1.20. The molecule has 4 nitrogen and oxygen atoms in total. The normalized spacial score (nSPS) is 10.5. The van der Waals surface area contributed by atoms with Crippen LogP contribution in [0.3, 0.4) is 0 Å². The van der Waals surface area contributed by atoms with Crippen LogP contribution >= 0.6 is 15.9 Å². The first kappa shape index (κ1) is 10.3. The van der Waals surface area contributed by atoms with Crippen LogP contribution in [0.4, 0.5) is 0 Å². The monoisotopic (exact) mass is 267 g/mol. The van der Waals surface area contributed by atoms with Gasteiger partial charge in [0.05, 0.1) is 18.5 Å². The molecule has 0 aromatic carbocycles. The van der Waals surface area contributed by atoms with Crippen LogP contribution in [0.1, 0.15) is 17.1 Å². The van der Waals surface area contributed by atoms with E-state index in [-0.39, 0.29) is 6.61 Å². The van der Waals surface area contributed by atoms with Crippen molar-refractivity contribution in [2.24, 2.45) is 0 Å². The highest BCUT2D eigenvalue weighted by atomic mass is 79.9. The van der Waals surface area contributed by atoms with E-state index in [1.807, 2.05) is 12.1 Å². The van der Waals surface area contributed by atoms with Crippen molar-refractivity contribution in [1.29, 1.82) is 0 Å². The molecule has 0 saturated carbocycles. The van der Waals surface area contributed by atoms with Crippen LogP contribution < -0.4 is 0 Å². The Morgan fingerprint density at radius 2 is 2.13 bits per heavy atom. The quantitative estimate of drug-likeness (QED) is 0.832. The van der Waals surface area contributed by atoms with Gasteiger partial charge < -0.3 is 10.1 Å². The largest absolute Gasteiger partial charge is 0.390 e. The lowest BCUT2D eigenvalue weighted by Crippen LogP contribution is -1.92. The van der Waals surface area contributed by atoms with Gasteiger partial charge in [0.15, 0.2) is 0 Å². The molecule has 0 aliphatic carbocycles. The Balaban J connectivity index is 2.11. The zero-order valence-electron chi connectivity index (χ0n) is 7.94. The topological polar surface area (TPSA) is 61.8 Å². The zero-order chi connectivity index (χ0) is 10.7. The van der Waals surface area contributed by atoms with Crippen molar-refractivity contribution in [2.75, 3.05) is 0 Å². The van der Waals surface area contributed by atoms with Gasteiger partial charge in [0, 0.05) is 12.6 Å². The maximum Gasteiger partial charge on any atom is 0.110 e. The lowest BCUT2D eigenvalue weighted by molar-refractivity contribution is 0.277. The molecule has 0 atom stereocenters. The molecule has 0 aliphatic heterocycles. The predicted octanol–water partition coefficient (Wildman–Crippen LogP) is 1.65. The number of hydrogen-bond donors (Lipinski definition) is 2. The number of aliphatic hydroxyl groups is 1. The van der Waals surface area contributed by atoms with Crippen LogP contribution in [0.2, 0.25) is 0 Å². The fraction of sp³-hybridized carbons (Fsp3) is 0.200. The molecule has 5 heteroatoms. The third-order valence-corrected chi connectivity index (χ3v) is 2.48. The number of pyridine rings is 1. The summed E-state index contributed by atoms with van der Waals surface area (Å²) in [5, 5.41) is 8.86. The maximum atomic E-state index is 8.86.